The van der Waals surface area contributed by atoms with Crippen LogP contribution in [0, 0.1) is 5.92 Å². The Morgan fingerprint density at radius 3 is 1.75 bits per heavy atom. The molecule has 2 aliphatic rings. The van der Waals surface area contributed by atoms with E-state index in [0.29, 0.717) is 0 Å². The van der Waals surface area contributed by atoms with E-state index in [4.69, 9.17) is 18.9 Å². The summed E-state index contributed by atoms with van der Waals surface area (Å²) in [6, 6.07) is -1.01. The summed E-state index contributed by atoms with van der Waals surface area (Å²) in [5.41, 5.74) is -2.15. The summed E-state index contributed by atoms with van der Waals surface area (Å²) in [7, 11) is 0. The Morgan fingerprint density at radius 1 is 0.719 bits per heavy atom. The van der Waals surface area contributed by atoms with Gasteiger partial charge in [-0.25, -0.2) is 0 Å². The zero-order chi connectivity index (χ0) is 23.8. The van der Waals surface area contributed by atoms with Crippen LogP contribution in [0.1, 0.15) is 66.2 Å². The van der Waals surface area contributed by atoms with Crippen molar-refractivity contribution in [3.05, 3.63) is 0 Å². The van der Waals surface area contributed by atoms with Gasteiger partial charge in [0, 0.05) is 34.1 Å². The summed E-state index contributed by atoms with van der Waals surface area (Å²) in [5.74, 6) is -2.73. The molecule has 1 saturated heterocycles. The van der Waals surface area contributed by atoms with Crippen molar-refractivity contribution in [3.8, 4) is 0 Å². The predicted molar refractivity (Wildman–Crippen MR) is 113 cm³/mol. The summed E-state index contributed by atoms with van der Waals surface area (Å²) >= 11 is 0.896. The highest BCUT2D eigenvalue weighted by Crippen LogP contribution is 2.38. The number of hydrogen-bond donors (Lipinski definition) is 1. The van der Waals surface area contributed by atoms with Crippen molar-refractivity contribution in [2.45, 2.75) is 95.3 Å². The molecule has 180 valence electrons. The number of ether oxygens (including phenoxy) is 4. The third-order valence-corrected chi connectivity index (χ3v) is 6.49. The summed E-state index contributed by atoms with van der Waals surface area (Å²) in [6.07, 6.45) is 3.05. The Kier molecular flexibility index (Phi) is 9.80. The van der Waals surface area contributed by atoms with E-state index in [2.05, 4.69) is 5.32 Å². The van der Waals surface area contributed by atoms with E-state index in [0.717, 1.165) is 57.7 Å². The molecule has 0 radical (unpaired) electrons. The van der Waals surface area contributed by atoms with Crippen LogP contribution in [0.2, 0.25) is 0 Å². The number of thioether (sulfide) groups is 1. The number of esters is 4. The topological polar surface area (TPSA) is 134 Å². The van der Waals surface area contributed by atoms with Gasteiger partial charge in [-0.2, -0.15) is 0 Å². The molecule has 1 heterocycles. The molecular formula is C21H31NO9S. The molecule has 1 N–H and O–H groups in total. The van der Waals surface area contributed by atoms with Gasteiger partial charge < -0.3 is 24.3 Å². The highest BCUT2D eigenvalue weighted by atomic mass is 32.2. The molecule has 1 aliphatic heterocycles. The van der Waals surface area contributed by atoms with Gasteiger partial charge in [0.15, 0.2) is 23.1 Å². The van der Waals surface area contributed by atoms with Crippen LogP contribution in [-0.2, 0) is 42.9 Å². The first-order chi connectivity index (χ1) is 15.1. The van der Waals surface area contributed by atoms with Crippen LogP contribution in [0.5, 0.6) is 0 Å². The van der Waals surface area contributed by atoms with Gasteiger partial charge in [0.2, 0.25) is 5.91 Å². The molecule has 0 aromatic rings. The number of carbonyl (C=O) groups excluding carboxylic acids is 5. The Balaban J connectivity index is 2.32. The van der Waals surface area contributed by atoms with Gasteiger partial charge >= 0.3 is 23.9 Å². The Bertz CT molecular complexity index is 722. The molecule has 0 bridgehead atoms. The van der Waals surface area contributed by atoms with E-state index < -0.39 is 53.0 Å². The summed E-state index contributed by atoms with van der Waals surface area (Å²) in [6.45, 7) is 4.69. The van der Waals surface area contributed by atoms with Gasteiger partial charge in [0.05, 0.1) is 0 Å². The molecule has 2 rings (SSSR count). The van der Waals surface area contributed by atoms with E-state index in [-0.39, 0.29) is 18.2 Å². The van der Waals surface area contributed by atoms with Crippen LogP contribution in [0.4, 0.5) is 0 Å². The quantitative estimate of drug-likeness (QED) is 0.431. The molecule has 1 amide bonds. The van der Waals surface area contributed by atoms with Crippen molar-refractivity contribution < 1.29 is 42.9 Å². The lowest BCUT2D eigenvalue weighted by Gasteiger charge is -2.43. The molecule has 2 fully saturated rings. The molecule has 1 unspecified atom stereocenters. The van der Waals surface area contributed by atoms with Crippen molar-refractivity contribution in [1.29, 1.82) is 0 Å². The van der Waals surface area contributed by atoms with Gasteiger partial charge in [-0.3, -0.25) is 24.0 Å². The van der Waals surface area contributed by atoms with E-state index in [9.17, 15) is 24.0 Å². The minimum absolute atomic E-state index is 0.248. The van der Waals surface area contributed by atoms with E-state index in [1.165, 1.54) is 13.8 Å². The normalized spacial score (nSPS) is 28.2. The average molecular weight is 474 g/mol. The molecule has 10 nitrogen and oxygen atoms in total. The summed E-state index contributed by atoms with van der Waals surface area (Å²) in [5, 5.41) is 2.81. The first-order valence-corrected chi connectivity index (χ1v) is 11.6. The van der Waals surface area contributed by atoms with Crippen molar-refractivity contribution in [1.82, 2.24) is 5.32 Å². The van der Waals surface area contributed by atoms with Crippen LogP contribution in [0.25, 0.3) is 0 Å². The zero-order valence-electron chi connectivity index (χ0n) is 18.8. The first kappa shape index (κ1) is 26.0. The minimum Gasteiger partial charge on any atom is -0.456 e. The highest BCUT2D eigenvalue weighted by Gasteiger charge is 2.53. The standard InChI is InChI=1S/C21H31NO9S/c1-11(23)28-18-17(22-16(27)10-15-8-6-5-7-9-15)20(30-13(3)25)32-21(31-14(4)26)19(18)29-12(2)24/h15,17-21H,5-10H2,1-4H3,(H,22,27)/t17-,18-,19+,20?,21+/m1/s1. The predicted octanol–water partition coefficient (Wildman–Crippen LogP) is 1.83. The molecule has 0 aromatic carbocycles. The Morgan fingerprint density at radius 2 is 1.22 bits per heavy atom. The highest BCUT2D eigenvalue weighted by molar-refractivity contribution is 8.00. The summed E-state index contributed by atoms with van der Waals surface area (Å²) < 4.78 is 21.3. The molecule has 32 heavy (non-hydrogen) atoms. The van der Waals surface area contributed by atoms with Crippen molar-refractivity contribution in [2.24, 2.45) is 5.92 Å². The van der Waals surface area contributed by atoms with Crippen LogP contribution < -0.4 is 5.32 Å². The second-order valence-corrected chi connectivity index (χ2v) is 9.24. The van der Waals surface area contributed by atoms with Gasteiger partial charge in [0.1, 0.15) is 6.04 Å². The fourth-order valence-corrected chi connectivity index (χ4v) is 5.43. The van der Waals surface area contributed by atoms with Gasteiger partial charge in [-0.05, 0) is 18.8 Å². The van der Waals surface area contributed by atoms with Gasteiger partial charge in [0.25, 0.3) is 0 Å². The minimum atomic E-state index is -1.23. The third-order valence-electron chi connectivity index (χ3n) is 5.20. The molecule has 1 aliphatic carbocycles. The maximum atomic E-state index is 12.8. The molecule has 1 saturated carbocycles. The average Bonchev–Trinajstić information content (AvgIpc) is 2.66. The lowest BCUT2D eigenvalue weighted by Crippen LogP contribution is -2.63. The lowest BCUT2D eigenvalue weighted by atomic mass is 9.86. The second kappa shape index (κ2) is 12.1. The SMILES string of the molecule is CC(=O)OC1S[C@H](OC(C)=O)[C@@H](OC(C)=O)[C@H](OC(C)=O)[C@H]1NC(=O)CC1CCCCC1. The smallest absolute Gasteiger partial charge is 0.303 e. The molecule has 0 aromatic heterocycles. The second-order valence-electron chi connectivity index (χ2n) is 8.04. The van der Waals surface area contributed by atoms with Crippen LogP contribution >= 0.6 is 11.8 Å². The number of rotatable bonds is 7. The number of amides is 1. The first-order valence-electron chi connectivity index (χ1n) is 10.7. The zero-order valence-corrected chi connectivity index (χ0v) is 19.6. The lowest BCUT2D eigenvalue weighted by molar-refractivity contribution is -0.184. The molecule has 11 heteroatoms. The summed E-state index contributed by atoms with van der Waals surface area (Å²) in [4.78, 5) is 59.8. The van der Waals surface area contributed by atoms with E-state index >= 15 is 0 Å². The van der Waals surface area contributed by atoms with Crippen molar-refractivity contribution in [2.75, 3.05) is 0 Å². The number of carbonyl (C=O) groups is 5. The Labute approximate surface area is 191 Å². The van der Waals surface area contributed by atoms with Crippen LogP contribution in [0.15, 0.2) is 0 Å². The fraction of sp³-hybridized carbons (Fsp3) is 0.762. The third kappa shape index (κ3) is 7.99. The van der Waals surface area contributed by atoms with Crippen LogP contribution in [-0.4, -0.2) is 58.9 Å². The molecule has 5 atom stereocenters. The van der Waals surface area contributed by atoms with Crippen molar-refractivity contribution in [3.63, 3.8) is 0 Å². The monoisotopic (exact) mass is 473 g/mol. The van der Waals surface area contributed by atoms with E-state index in [1.807, 2.05) is 0 Å². The number of nitrogens with one attached hydrogen (secondary N) is 1. The van der Waals surface area contributed by atoms with E-state index in [1.54, 1.807) is 0 Å². The van der Waals surface area contributed by atoms with Gasteiger partial charge in [-0.15, -0.1) is 0 Å². The Hall–Kier alpha value is -2.30. The molecular weight excluding hydrogens is 442 g/mol. The maximum Gasteiger partial charge on any atom is 0.303 e. The van der Waals surface area contributed by atoms with Gasteiger partial charge in [-0.1, -0.05) is 31.0 Å². The number of hydrogen-bond acceptors (Lipinski definition) is 10. The van der Waals surface area contributed by atoms with Crippen molar-refractivity contribution >= 4 is 41.5 Å². The fourth-order valence-electron chi connectivity index (χ4n) is 4.03. The van der Waals surface area contributed by atoms with Crippen LogP contribution in [0.3, 0.4) is 0 Å². The maximum absolute atomic E-state index is 12.8. The largest absolute Gasteiger partial charge is 0.456 e. The molecule has 0 spiro atoms.